The van der Waals surface area contributed by atoms with Crippen LogP contribution in [0, 0.1) is 5.92 Å². The molecule has 19 heavy (non-hydrogen) atoms. The highest BCUT2D eigenvalue weighted by molar-refractivity contribution is 7.89. The first-order valence-corrected chi connectivity index (χ1v) is 8.31. The van der Waals surface area contributed by atoms with Crippen LogP contribution in [0.5, 0.6) is 0 Å². The van der Waals surface area contributed by atoms with Crippen LogP contribution in [0.15, 0.2) is 17.0 Å². The number of halogens is 2. The molecule has 0 radical (unpaired) electrons. The monoisotopic (exact) mass is 322 g/mol. The molecular weight excluding hydrogens is 307 g/mol. The van der Waals surface area contributed by atoms with Gasteiger partial charge >= 0.3 is 0 Å². The maximum absolute atomic E-state index is 12.2. The molecular formula is C12H16Cl2N2O2S. The Morgan fingerprint density at radius 3 is 2.63 bits per heavy atom. The summed E-state index contributed by atoms with van der Waals surface area (Å²) in [7, 11) is -3.67. The van der Waals surface area contributed by atoms with Crippen molar-refractivity contribution < 1.29 is 8.42 Å². The third-order valence-electron chi connectivity index (χ3n) is 3.12. The molecule has 1 atom stereocenters. The van der Waals surface area contributed by atoms with E-state index in [0.29, 0.717) is 5.92 Å². The minimum absolute atomic E-state index is 0.0290. The van der Waals surface area contributed by atoms with Gasteiger partial charge in [0, 0.05) is 6.04 Å². The van der Waals surface area contributed by atoms with Crippen molar-refractivity contribution in [2.24, 2.45) is 5.92 Å². The molecule has 0 bridgehead atoms. The summed E-state index contributed by atoms with van der Waals surface area (Å²) in [4.78, 5) is -0.0290. The number of benzene rings is 1. The fourth-order valence-electron chi connectivity index (χ4n) is 1.99. The van der Waals surface area contributed by atoms with Crippen LogP contribution in [0.25, 0.3) is 0 Å². The van der Waals surface area contributed by atoms with Crippen molar-refractivity contribution in [1.82, 2.24) is 4.72 Å². The number of hydrogen-bond acceptors (Lipinski definition) is 3. The predicted octanol–water partition coefficient (Wildman–Crippen LogP) is 3.04. The minimum atomic E-state index is -3.67. The molecule has 1 aliphatic carbocycles. The molecule has 106 valence electrons. The van der Waals surface area contributed by atoms with Crippen molar-refractivity contribution in [3.8, 4) is 0 Å². The van der Waals surface area contributed by atoms with E-state index in [1.807, 2.05) is 6.92 Å². The Balaban J connectivity index is 2.21. The number of nitrogens with two attached hydrogens (primary N) is 1. The lowest BCUT2D eigenvalue weighted by Gasteiger charge is -2.15. The maximum Gasteiger partial charge on any atom is 0.242 e. The molecule has 4 nitrogen and oxygen atoms in total. The van der Waals surface area contributed by atoms with E-state index in [-0.39, 0.29) is 26.7 Å². The number of nitrogen functional groups attached to an aromatic ring is 1. The van der Waals surface area contributed by atoms with Gasteiger partial charge in [-0.15, -0.1) is 0 Å². The van der Waals surface area contributed by atoms with Crippen LogP contribution in [0.4, 0.5) is 5.69 Å². The van der Waals surface area contributed by atoms with E-state index in [1.54, 1.807) is 0 Å². The van der Waals surface area contributed by atoms with Gasteiger partial charge in [-0.3, -0.25) is 0 Å². The summed E-state index contributed by atoms with van der Waals surface area (Å²) >= 11 is 11.8. The molecule has 1 aromatic rings. The number of hydrogen-bond donors (Lipinski definition) is 2. The first-order chi connectivity index (χ1) is 8.81. The van der Waals surface area contributed by atoms with Crippen LogP contribution in [-0.4, -0.2) is 14.5 Å². The molecule has 7 heteroatoms. The maximum atomic E-state index is 12.2. The van der Waals surface area contributed by atoms with E-state index < -0.39 is 10.0 Å². The van der Waals surface area contributed by atoms with Crippen LogP contribution in [0.2, 0.25) is 10.0 Å². The summed E-state index contributed by atoms with van der Waals surface area (Å²) in [6, 6.07) is 2.68. The Hall–Kier alpha value is -0.490. The topological polar surface area (TPSA) is 72.2 Å². The third kappa shape index (κ3) is 3.54. The molecule has 0 aromatic heterocycles. The summed E-state index contributed by atoms with van der Waals surface area (Å²) < 4.78 is 27.1. The lowest BCUT2D eigenvalue weighted by molar-refractivity contribution is 0.530. The van der Waals surface area contributed by atoms with Crippen molar-refractivity contribution in [2.45, 2.75) is 37.1 Å². The molecule has 0 spiro atoms. The highest BCUT2D eigenvalue weighted by Crippen LogP contribution is 2.35. The highest BCUT2D eigenvalue weighted by Gasteiger charge is 2.27. The van der Waals surface area contributed by atoms with Gasteiger partial charge in [0.2, 0.25) is 10.0 Å². The van der Waals surface area contributed by atoms with Gasteiger partial charge in [0.15, 0.2) is 0 Å². The van der Waals surface area contributed by atoms with Crippen LogP contribution in [-0.2, 0) is 10.0 Å². The summed E-state index contributed by atoms with van der Waals surface area (Å²) in [5, 5.41) is 0.216. The smallest absolute Gasteiger partial charge is 0.242 e. The van der Waals surface area contributed by atoms with Crippen molar-refractivity contribution in [3.63, 3.8) is 0 Å². The molecule has 0 heterocycles. The van der Waals surface area contributed by atoms with Crippen LogP contribution in [0.1, 0.15) is 26.2 Å². The normalized spacial score (nSPS) is 17.4. The molecule has 0 amide bonds. The second kappa shape index (κ2) is 5.48. The van der Waals surface area contributed by atoms with Gasteiger partial charge < -0.3 is 5.73 Å². The minimum Gasteiger partial charge on any atom is -0.396 e. The zero-order valence-electron chi connectivity index (χ0n) is 10.5. The molecule has 1 fully saturated rings. The SMILES string of the molecule is CC(CC1CC1)NS(=O)(=O)c1ccc(Cl)c(N)c1Cl. The predicted molar refractivity (Wildman–Crippen MR) is 78.0 cm³/mol. The van der Waals surface area contributed by atoms with E-state index in [0.717, 1.165) is 6.42 Å². The number of rotatable bonds is 5. The quantitative estimate of drug-likeness (QED) is 0.818. The second-order valence-electron chi connectivity index (χ2n) is 4.97. The fourth-order valence-corrected chi connectivity index (χ4v) is 4.01. The standard InChI is InChI=1S/C12H16Cl2N2O2S/c1-7(6-8-2-3-8)16-19(17,18)10-5-4-9(13)12(15)11(10)14/h4-5,7-8,16H,2-3,6,15H2,1H3. The van der Waals surface area contributed by atoms with Gasteiger partial charge in [0.25, 0.3) is 0 Å². The lowest BCUT2D eigenvalue weighted by atomic mass is 10.2. The summed E-state index contributed by atoms with van der Waals surface area (Å²) in [5.74, 6) is 0.642. The summed E-state index contributed by atoms with van der Waals surface area (Å²) in [6.45, 7) is 1.85. The number of sulfonamides is 1. The summed E-state index contributed by atoms with van der Waals surface area (Å²) in [5.41, 5.74) is 5.73. The Morgan fingerprint density at radius 1 is 1.42 bits per heavy atom. The van der Waals surface area contributed by atoms with Gasteiger partial charge in [-0.05, 0) is 31.4 Å². The van der Waals surface area contributed by atoms with E-state index in [2.05, 4.69) is 4.72 Å². The Kier molecular flexibility index (Phi) is 4.30. The van der Waals surface area contributed by atoms with Crippen molar-refractivity contribution in [3.05, 3.63) is 22.2 Å². The van der Waals surface area contributed by atoms with Gasteiger partial charge in [0.1, 0.15) is 4.90 Å². The fraction of sp³-hybridized carbons (Fsp3) is 0.500. The second-order valence-corrected chi connectivity index (χ2v) is 7.44. The van der Waals surface area contributed by atoms with E-state index >= 15 is 0 Å². The summed E-state index contributed by atoms with van der Waals surface area (Å²) in [6.07, 6.45) is 3.21. The molecule has 0 saturated heterocycles. The average Bonchev–Trinajstić information content (AvgIpc) is 3.08. The van der Waals surface area contributed by atoms with E-state index in [1.165, 1.54) is 25.0 Å². The zero-order chi connectivity index (χ0) is 14.2. The Morgan fingerprint density at radius 2 is 2.05 bits per heavy atom. The van der Waals surface area contributed by atoms with E-state index in [9.17, 15) is 8.42 Å². The van der Waals surface area contributed by atoms with Gasteiger partial charge in [0.05, 0.1) is 15.7 Å². The third-order valence-corrected chi connectivity index (χ3v) is 5.60. The zero-order valence-corrected chi connectivity index (χ0v) is 12.8. The number of nitrogens with one attached hydrogen (secondary N) is 1. The van der Waals surface area contributed by atoms with E-state index in [4.69, 9.17) is 28.9 Å². The van der Waals surface area contributed by atoms with Gasteiger partial charge in [-0.2, -0.15) is 0 Å². The molecule has 2 rings (SSSR count). The van der Waals surface area contributed by atoms with Crippen LogP contribution >= 0.6 is 23.2 Å². The van der Waals surface area contributed by atoms with Crippen LogP contribution < -0.4 is 10.5 Å². The highest BCUT2D eigenvalue weighted by atomic mass is 35.5. The molecule has 3 N–H and O–H groups in total. The van der Waals surface area contributed by atoms with Gasteiger partial charge in [-0.1, -0.05) is 36.0 Å². The van der Waals surface area contributed by atoms with Crippen molar-refractivity contribution >= 4 is 38.9 Å². The molecule has 1 aliphatic rings. The first kappa shape index (κ1) is 14.9. The average molecular weight is 323 g/mol. The van der Waals surface area contributed by atoms with Crippen LogP contribution in [0.3, 0.4) is 0 Å². The Bertz CT molecular complexity index is 586. The lowest BCUT2D eigenvalue weighted by Crippen LogP contribution is -2.33. The van der Waals surface area contributed by atoms with Gasteiger partial charge in [-0.25, -0.2) is 13.1 Å². The molecule has 1 aromatic carbocycles. The van der Waals surface area contributed by atoms with Crippen molar-refractivity contribution in [1.29, 1.82) is 0 Å². The largest absolute Gasteiger partial charge is 0.396 e. The molecule has 0 aliphatic heterocycles. The molecule has 1 unspecified atom stereocenters. The number of anilines is 1. The molecule has 1 saturated carbocycles. The first-order valence-electron chi connectivity index (χ1n) is 6.07. The Labute approximate surface area is 123 Å². The van der Waals surface area contributed by atoms with Crippen molar-refractivity contribution in [2.75, 3.05) is 5.73 Å².